The van der Waals surface area contributed by atoms with E-state index in [2.05, 4.69) is 0 Å². The molecule has 0 heterocycles. The largest absolute Gasteiger partial charge is 0.396 e. The van der Waals surface area contributed by atoms with Crippen molar-refractivity contribution >= 4 is 0 Å². The third kappa shape index (κ3) is 1.24. The van der Waals surface area contributed by atoms with E-state index >= 15 is 0 Å². The maximum atomic E-state index is 13.4. The minimum atomic E-state index is -0.0831. The fourth-order valence-corrected chi connectivity index (χ4v) is 3.63. The van der Waals surface area contributed by atoms with Crippen LogP contribution in [0.15, 0.2) is 24.3 Å². The molecule has 2 bridgehead atoms. The van der Waals surface area contributed by atoms with Gasteiger partial charge in [0.15, 0.2) is 0 Å². The summed E-state index contributed by atoms with van der Waals surface area (Å²) in [4.78, 5) is 0. The zero-order valence-corrected chi connectivity index (χ0v) is 8.67. The van der Waals surface area contributed by atoms with Gasteiger partial charge in [0.2, 0.25) is 0 Å². The predicted molar refractivity (Wildman–Crippen MR) is 55.9 cm³/mol. The van der Waals surface area contributed by atoms with Crippen LogP contribution in [0.4, 0.5) is 4.39 Å². The first-order valence-electron chi connectivity index (χ1n) is 5.51. The van der Waals surface area contributed by atoms with Crippen LogP contribution in [0.1, 0.15) is 24.8 Å². The van der Waals surface area contributed by atoms with E-state index in [9.17, 15) is 4.39 Å². The minimum absolute atomic E-state index is 0.0831. The van der Waals surface area contributed by atoms with E-state index in [1.165, 1.54) is 6.07 Å². The third-order valence-corrected chi connectivity index (χ3v) is 4.11. The molecule has 0 spiro atoms. The number of hydrogen-bond acceptors (Lipinski definition) is 1. The molecule has 3 aliphatic rings. The summed E-state index contributed by atoms with van der Waals surface area (Å²) in [6, 6.07) is 7.03. The van der Waals surface area contributed by atoms with Crippen LogP contribution >= 0.6 is 0 Å². The van der Waals surface area contributed by atoms with Gasteiger partial charge in [0.25, 0.3) is 0 Å². The summed E-state index contributed by atoms with van der Waals surface area (Å²) in [6.07, 6.45) is 4.11. The van der Waals surface area contributed by atoms with Crippen LogP contribution < -0.4 is 0 Å². The van der Waals surface area contributed by atoms with E-state index in [0.717, 1.165) is 31.2 Å². The molecule has 0 aliphatic heterocycles. The second kappa shape index (κ2) is 2.82. The lowest BCUT2D eigenvalue weighted by molar-refractivity contribution is -0.222. The van der Waals surface area contributed by atoms with Crippen LogP contribution in [-0.4, -0.2) is 11.7 Å². The highest BCUT2D eigenvalue weighted by atomic mass is 19.1. The Kier molecular flexibility index (Phi) is 1.76. The normalized spacial score (nSPS) is 36.9. The van der Waals surface area contributed by atoms with Crippen LogP contribution in [0.25, 0.3) is 0 Å². The lowest BCUT2D eigenvalue weighted by Crippen LogP contribution is -2.64. The number of aliphatic hydroxyl groups is 1. The molecule has 3 fully saturated rings. The highest BCUT2D eigenvalue weighted by molar-refractivity contribution is 5.25. The van der Waals surface area contributed by atoms with Gasteiger partial charge in [-0.25, -0.2) is 4.39 Å². The first kappa shape index (κ1) is 9.34. The summed E-state index contributed by atoms with van der Waals surface area (Å²) in [5.41, 5.74) is 1.39. The Morgan fingerprint density at radius 3 is 2.40 bits per heavy atom. The molecule has 3 aliphatic carbocycles. The van der Waals surface area contributed by atoms with E-state index in [-0.39, 0.29) is 11.2 Å². The molecule has 0 atom stereocenters. The van der Waals surface area contributed by atoms with Crippen LogP contribution in [0.2, 0.25) is 0 Å². The zero-order chi connectivity index (χ0) is 10.5. The SMILES string of the molecule is OCC12CC(Cc3ccccc3F)(C1)C2. The van der Waals surface area contributed by atoms with Gasteiger partial charge >= 0.3 is 0 Å². The minimum Gasteiger partial charge on any atom is -0.396 e. The quantitative estimate of drug-likeness (QED) is 0.805. The van der Waals surface area contributed by atoms with Gasteiger partial charge in [-0.1, -0.05) is 18.2 Å². The Labute approximate surface area is 88.9 Å². The van der Waals surface area contributed by atoms with Crippen molar-refractivity contribution in [2.24, 2.45) is 10.8 Å². The molecule has 0 radical (unpaired) electrons. The van der Waals surface area contributed by atoms with Crippen molar-refractivity contribution in [1.29, 1.82) is 0 Å². The third-order valence-electron chi connectivity index (χ3n) is 4.11. The molecule has 0 amide bonds. The highest BCUT2D eigenvalue weighted by Crippen LogP contribution is 2.74. The monoisotopic (exact) mass is 206 g/mol. The number of hydrogen-bond donors (Lipinski definition) is 1. The van der Waals surface area contributed by atoms with Crippen LogP contribution in [0.3, 0.4) is 0 Å². The average Bonchev–Trinajstić information content (AvgIpc) is 2.11. The lowest BCUT2D eigenvalue weighted by Gasteiger charge is -2.70. The van der Waals surface area contributed by atoms with Gasteiger partial charge in [0.1, 0.15) is 5.82 Å². The molecule has 3 saturated carbocycles. The van der Waals surface area contributed by atoms with Crippen molar-refractivity contribution in [2.45, 2.75) is 25.7 Å². The molecule has 0 saturated heterocycles. The Morgan fingerprint density at radius 2 is 1.80 bits per heavy atom. The number of benzene rings is 1. The summed E-state index contributed by atoms with van der Waals surface area (Å²) in [5.74, 6) is -0.0831. The highest BCUT2D eigenvalue weighted by Gasteiger charge is 2.66. The summed E-state index contributed by atoms with van der Waals surface area (Å²) in [6.45, 7) is 0.312. The maximum absolute atomic E-state index is 13.4. The van der Waals surface area contributed by atoms with Gasteiger partial charge in [-0.3, -0.25) is 0 Å². The van der Waals surface area contributed by atoms with Crippen molar-refractivity contribution in [2.75, 3.05) is 6.61 Å². The Balaban J connectivity index is 1.72. The fraction of sp³-hybridized carbons (Fsp3) is 0.538. The van der Waals surface area contributed by atoms with E-state index in [1.54, 1.807) is 6.07 Å². The second-order valence-corrected chi connectivity index (χ2v) is 5.46. The molecule has 80 valence electrons. The van der Waals surface area contributed by atoms with Gasteiger partial charge in [-0.05, 0) is 48.1 Å². The molecular formula is C13H15FO. The summed E-state index contributed by atoms with van der Waals surface area (Å²) in [7, 11) is 0. The molecule has 1 aromatic rings. The van der Waals surface area contributed by atoms with Gasteiger partial charge < -0.3 is 5.11 Å². The molecule has 0 unspecified atom stereocenters. The van der Waals surface area contributed by atoms with Crippen LogP contribution in [0.5, 0.6) is 0 Å². The maximum Gasteiger partial charge on any atom is 0.126 e. The average molecular weight is 206 g/mol. The van der Waals surface area contributed by atoms with E-state index < -0.39 is 0 Å². The van der Waals surface area contributed by atoms with E-state index in [4.69, 9.17) is 5.11 Å². The van der Waals surface area contributed by atoms with Crippen molar-refractivity contribution < 1.29 is 9.50 Å². The summed E-state index contributed by atoms with van der Waals surface area (Å²) in [5, 5.41) is 9.14. The van der Waals surface area contributed by atoms with Crippen LogP contribution in [0, 0.1) is 16.6 Å². The molecule has 1 aromatic carbocycles. The van der Waals surface area contributed by atoms with E-state index in [1.807, 2.05) is 12.1 Å². The predicted octanol–water partition coefficient (Wildman–Crippen LogP) is 2.53. The smallest absolute Gasteiger partial charge is 0.126 e. The van der Waals surface area contributed by atoms with Gasteiger partial charge in [-0.15, -0.1) is 0 Å². The topological polar surface area (TPSA) is 20.2 Å². The Morgan fingerprint density at radius 1 is 1.13 bits per heavy atom. The molecule has 1 N–H and O–H groups in total. The van der Waals surface area contributed by atoms with Gasteiger partial charge in [-0.2, -0.15) is 0 Å². The number of aliphatic hydroxyl groups excluding tert-OH is 1. The lowest BCUT2D eigenvalue weighted by atomic mass is 9.34. The van der Waals surface area contributed by atoms with Gasteiger partial charge in [0, 0.05) is 6.61 Å². The van der Waals surface area contributed by atoms with E-state index in [0.29, 0.717) is 12.0 Å². The fourth-order valence-electron chi connectivity index (χ4n) is 3.63. The van der Waals surface area contributed by atoms with Crippen molar-refractivity contribution in [1.82, 2.24) is 0 Å². The molecule has 4 rings (SSSR count). The first-order valence-corrected chi connectivity index (χ1v) is 5.51. The standard InChI is InChI=1S/C13H15FO/c14-11-4-2-1-3-10(11)5-12-6-13(7-12,8-12)9-15/h1-4,15H,5-9H2. The number of rotatable bonds is 3. The zero-order valence-electron chi connectivity index (χ0n) is 8.67. The van der Waals surface area contributed by atoms with Crippen molar-refractivity contribution in [3.8, 4) is 0 Å². The molecular weight excluding hydrogens is 191 g/mol. The summed E-state index contributed by atoms with van der Waals surface area (Å²) < 4.78 is 13.4. The summed E-state index contributed by atoms with van der Waals surface area (Å²) >= 11 is 0. The van der Waals surface area contributed by atoms with Crippen molar-refractivity contribution in [3.63, 3.8) is 0 Å². The molecule has 2 heteroatoms. The van der Waals surface area contributed by atoms with Gasteiger partial charge in [0.05, 0.1) is 0 Å². The molecule has 15 heavy (non-hydrogen) atoms. The number of halogens is 1. The second-order valence-electron chi connectivity index (χ2n) is 5.46. The molecule has 1 nitrogen and oxygen atoms in total. The Hall–Kier alpha value is -0.890. The van der Waals surface area contributed by atoms with Crippen LogP contribution in [-0.2, 0) is 6.42 Å². The molecule has 0 aromatic heterocycles. The first-order chi connectivity index (χ1) is 7.17. The van der Waals surface area contributed by atoms with Crippen molar-refractivity contribution in [3.05, 3.63) is 35.6 Å². The Bertz CT molecular complexity index is 380.